The Bertz CT molecular complexity index is 1360. The zero-order chi connectivity index (χ0) is 24.0. The number of nitrogens with zero attached hydrogens (tertiary/aromatic N) is 7. The second-order valence-electron chi connectivity index (χ2n) is 9.44. The summed E-state index contributed by atoms with van der Waals surface area (Å²) in [5.74, 6) is 0.669. The Kier molecular flexibility index (Phi) is 5.51. The third-order valence-corrected chi connectivity index (χ3v) is 6.15. The first-order valence-electron chi connectivity index (χ1n) is 11.2. The van der Waals surface area contributed by atoms with Gasteiger partial charge in [0.25, 0.3) is 11.9 Å². The standard InChI is InChI=1S/C24H26ClN7O2/c1-15-13-16(5-6-17(15)20-26-14-32(29-20)24(2,3)4)22(33)30-9-11-31(12-10-30)23-28-21-18(34-23)7-8-19(25)27-21/h5-8,13-14H,9-12H2,1-4H3. The van der Waals surface area contributed by atoms with Gasteiger partial charge < -0.3 is 14.2 Å². The zero-order valence-corrected chi connectivity index (χ0v) is 20.4. The third kappa shape index (κ3) is 4.23. The van der Waals surface area contributed by atoms with Crippen molar-refractivity contribution in [3.63, 3.8) is 0 Å². The molecule has 0 bridgehead atoms. The SMILES string of the molecule is Cc1cc(C(=O)N2CCN(c3nc4nc(Cl)ccc4o3)CC2)ccc1-c1ncn(C(C)(C)C)n1. The average molecular weight is 480 g/mol. The monoisotopic (exact) mass is 479 g/mol. The number of piperazine rings is 1. The molecule has 0 atom stereocenters. The number of halogens is 1. The molecule has 4 heterocycles. The van der Waals surface area contributed by atoms with Crippen LogP contribution in [0, 0.1) is 6.92 Å². The molecule has 0 N–H and O–H groups in total. The maximum atomic E-state index is 13.2. The van der Waals surface area contributed by atoms with Crippen LogP contribution in [0.3, 0.4) is 0 Å². The summed E-state index contributed by atoms with van der Waals surface area (Å²) >= 11 is 5.94. The summed E-state index contributed by atoms with van der Waals surface area (Å²) in [4.78, 5) is 30.1. The molecule has 1 fully saturated rings. The number of hydrogen-bond acceptors (Lipinski definition) is 7. The molecule has 0 radical (unpaired) electrons. The minimum absolute atomic E-state index is 0.00786. The van der Waals surface area contributed by atoms with Gasteiger partial charge in [-0.1, -0.05) is 17.7 Å². The number of carbonyl (C=O) groups excluding carboxylic acids is 1. The molecule has 3 aromatic heterocycles. The second-order valence-corrected chi connectivity index (χ2v) is 9.83. The van der Waals surface area contributed by atoms with Crippen LogP contribution in [0.25, 0.3) is 22.6 Å². The molecule has 1 aromatic carbocycles. The van der Waals surface area contributed by atoms with Crippen molar-refractivity contribution in [2.45, 2.75) is 33.2 Å². The van der Waals surface area contributed by atoms with Crippen LogP contribution in [-0.4, -0.2) is 61.7 Å². The minimum Gasteiger partial charge on any atom is -0.422 e. The van der Waals surface area contributed by atoms with Crippen molar-refractivity contribution in [3.8, 4) is 11.4 Å². The fraction of sp³-hybridized carbons (Fsp3) is 0.375. The van der Waals surface area contributed by atoms with Gasteiger partial charge >= 0.3 is 0 Å². The van der Waals surface area contributed by atoms with E-state index in [2.05, 4.69) is 40.8 Å². The van der Waals surface area contributed by atoms with E-state index in [9.17, 15) is 4.79 Å². The Hall–Kier alpha value is -3.46. The van der Waals surface area contributed by atoms with Gasteiger partial charge in [0.15, 0.2) is 11.4 Å². The van der Waals surface area contributed by atoms with Gasteiger partial charge in [-0.15, -0.1) is 0 Å². The van der Waals surface area contributed by atoms with E-state index in [1.807, 2.05) is 39.6 Å². The lowest BCUT2D eigenvalue weighted by Crippen LogP contribution is -2.48. The lowest BCUT2D eigenvalue weighted by molar-refractivity contribution is 0.0745. The predicted molar refractivity (Wildman–Crippen MR) is 130 cm³/mol. The summed E-state index contributed by atoms with van der Waals surface area (Å²) in [6.45, 7) is 10.6. The molecule has 34 heavy (non-hydrogen) atoms. The van der Waals surface area contributed by atoms with Gasteiger partial charge in [0.2, 0.25) is 5.65 Å². The summed E-state index contributed by atoms with van der Waals surface area (Å²) in [6, 6.07) is 9.63. The van der Waals surface area contributed by atoms with E-state index in [0.29, 0.717) is 60.0 Å². The highest BCUT2D eigenvalue weighted by atomic mass is 35.5. The molecular weight excluding hydrogens is 454 g/mol. The third-order valence-electron chi connectivity index (χ3n) is 5.94. The van der Waals surface area contributed by atoms with E-state index >= 15 is 0 Å². The number of rotatable bonds is 3. The first-order chi connectivity index (χ1) is 16.2. The quantitative estimate of drug-likeness (QED) is 0.407. The van der Waals surface area contributed by atoms with Gasteiger partial charge in [-0.05, 0) is 57.5 Å². The fourth-order valence-electron chi connectivity index (χ4n) is 3.96. The Morgan fingerprint density at radius 2 is 1.82 bits per heavy atom. The molecule has 176 valence electrons. The highest BCUT2D eigenvalue weighted by Crippen LogP contribution is 2.25. The number of benzene rings is 1. The summed E-state index contributed by atoms with van der Waals surface area (Å²) in [5.41, 5.74) is 3.49. The molecular formula is C24H26ClN7O2. The van der Waals surface area contributed by atoms with Crippen LogP contribution in [-0.2, 0) is 5.54 Å². The van der Waals surface area contributed by atoms with Crippen LogP contribution in [0.5, 0.6) is 0 Å². The lowest BCUT2D eigenvalue weighted by atomic mass is 10.0. The van der Waals surface area contributed by atoms with Crippen molar-refractivity contribution in [3.05, 3.63) is 52.9 Å². The van der Waals surface area contributed by atoms with E-state index in [4.69, 9.17) is 16.0 Å². The predicted octanol–water partition coefficient (Wildman–Crippen LogP) is 4.16. The molecule has 1 aliphatic heterocycles. The van der Waals surface area contributed by atoms with E-state index in [-0.39, 0.29) is 11.4 Å². The van der Waals surface area contributed by atoms with Gasteiger partial charge in [0.05, 0.1) is 5.54 Å². The summed E-state index contributed by atoms with van der Waals surface area (Å²) in [6.07, 6.45) is 1.74. The van der Waals surface area contributed by atoms with Crippen molar-refractivity contribution in [1.82, 2.24) is 29.6 Å². The molecule has 0 aliphatic carbocycles. The Morgan fingerprint density at radius 3 is 2.50 bits per heavy atom. The van der Waals surface area contributed by atoms with Crippen molar-refractivity contribution in [2.24, 2.45) is 0 Å². The van der Waals surface area contributed by atoms with Gasteiger partial charge in [-0.2, -0.15) is 10.1 Å². The first kappa shape index (κ1) is 22.3. The Balaban J connectivity index is 1.27. The number of aromatic nitrogens is 5. The van der Waals surface area contributed by atoms with Crippen LogP contribution < -0.4 is 4.90 Å². The normalized spacial score (nSPS) is 14.7. The number of fused-ring (bicyclic) bond motifs is 1. The van der Waals surface area contributed by atoms with Gasteiger partial charge in [-0.3, -0.25) is 4.79 Å². The smallest absolute Gasteiger partial charge is 0.300 e. The Labute approximate surface area is 202 Å². The number of pyridine rings is 1. The highest BCUT2D eigenvalue weighted by molar-refractivity contribution is 6.29. The topological polar surface area (TPSA) is 93.2 Å². The van der Waals surface area contributed by atoms with E-state index in [1.165, 1.54) is 0 Å². The van der Waals surface area contributed by atoms with Crippen LogP contribution >= 0.6 is 11.6 Å². The van der Waals surface area contributed by atoms with Gasteiger partial charge in [0, 0.05) is 37.3 Å². The largest absolute Gasteiger partial charge is 0.422 e. The Morgan fingerprint density at radius 1 is 1.06 bits per heavy atom. The van der Waals surface area contributed by atoms with Crippen molar-refractivity contribution in [2.75, 3.05) is 31.1 Å². The molecule has 1 aliphatic rings. The van der Waals surface area contributed by atoms with Crippen LogP contribution in [0.15, 0.2) is 41.1 Å². The molecule has 0 unspecified atom stereocenters. The number of amides is 1. The number of oxazole rings is 1. The van der Waals surface area contributed by atoms with Crippen molar-refractivity contribution < 1.29 is 9.21 Å². The maximum Gasteiger partial charge on any atom is 0.300 e. The van der Waals surface area contributed by atoms with Crippen molar-refractivity contribution >= 4 is 34.8 Å². The van der Waals surface area contributed by atoms with Gasteiger partial charge in [0.1, 0.15) is 11.5 Å². The maximum absolute atomic E-state index is 13.2. The van der Waals surface area contributed by atoms with Crippen molar-refractivity contribution in [1.29, 1.82) is 0 Å². The van der Waals surface area contributed by atoms with Crippen LogP contribution in [0.1, 0.15) is 36.7 Å². The molecule has 1 amide bonds. The van der Waals surface area contributed by atoms with Crippen LogP contribution in [0.2, 0.25) is 5.15 Å². The molecule has 0 saturated carbocycles. The average Bonchev–Trinajstić information content (AvgIpc) is 3.46. The second kappa shape index (κ2) is 8.39. The number of aryl methyl sites for hydroxylation is 1. The van der Waals surface area contributed by atoms with Crippen LogP contribution in [0.4, 0.5) is 6.01 Å². The molecule has 0 spiro atoms. The molecule has 4 aromatic rings. The first-order valence-corrected chi connectivity index (χ1v) is 11.6. The fourth-order valence-corrected chi connectivity index (χ4v) is 4.10. The molecule has 9 nitrogen and oxygen atoms in total. The highest BCUT2D eigenvalue weighted by Gasteiger charge is 2.26. The van der Waals surface area contributed by atoms with Gasteiger partial charge in [-0.25, -0.2) is 14.6 Å². The van der Waals surface area contributed by atoms with E-state index in [0.717, 1.165) is 11.1 Å². The minimum atomic E-state index is -0.140. The lowest BCUT2D eigenvalue weighted by Gasteiger charge is -2.33. The molecule has 1 saturated heterocycles. The number of anilines is 1. The molecule has 5 rings (SSSR count). The summed E-state index contributed by atoms with van der Waals surface area (Å²) in [5, 5.41) is 4.99. The zero-order valence-electron chi connectivity index (χ0n) is 19.6. The van der Waals surface area contributed by atoms with E-state index < -0.39 is 0 Å². The summed E-state index contributed by atoms with van der Waals surface area (Å²) < 4.78 is 7.66. The number of hydrogen-bond donors (Lipinski definition) is 0. The summed E-state index contributed by atoms with van der Waals surface area (Å²) in [7, 11) is 0. The number of carbonyl (C=O) groups is 1. The van der Waals surface area contributed by atoms with E-state index in [1.54, 1.807) is 18.5 Å². The molecule has 10 heteroatoms.